The van der Waals surface area contributed by atoms with Crippen LogP contribution in [0.1, 0.15) is 16.2 Å². The number of rotatable bonds is 3. The van der Waals surface area contributed by atoms with Crippen molar-refractivity contribution in [2.24, 2.45) is 0 Å². The molecule has 2 rings (SSSR count). The number of nitrogens with zero attached hydrogens (tertiary/aromatic N) is 2. The molecule has 0 spiro atoms. The summed E-state index contributed by atoms with van der Waals surface area (Å²) < 4.78 is 4.56. The van der Waals surface area contributed by atoms with Crippen LogP contribution in [-0.2, 0) is 6.54 Å². The zero-order valence-electron chi connectivity index (χ0n) is 7.88. The summed E-state index contributed by atoms with van der Waals surface area (Å²) in [5.74, 6) is -0.269. The van der Waals surface area contributed by atoms with E-state index >= 15 is 0 Å². The number of pyridine rings is 1. The second-order valence-electron chi connectivity index (χ2n) is 2.89. The maximum Gasteiger partial charge on any atom is 0.273 e. The van der Waals surface area contributed by atoms with Gasteiger partial charge in [-0.1, -0.05) is 11.2 Å². The van der Waals surface area contributed by atoms with E-state index in [1.165, 1.54) is 12.3 Å². The zero-order valence-corrected chi connectivity index (χ0v) is 7.88. The SMILES string of the molecule is O=C(NCc1ccccn1)c1ccon1. The fourth-order valence-corrected chi connectivity index (χ4v) is 1.09. The van der Waals surface area contributed by atoms with Crippen LogP contribution in [0.4, 0.5) is 0 Å². The van der Waals surface area contributed by atoms with Gasteiger partial charge in [-0.3, -0.25) is 9.78 Å². The van der Waals surface area contributed by atoms with E-state index < -0.39 is 0 Å². The predicted octanol–water partition coefficient (Wildman–Crippen LogP) is 1.000. The third-order valence-electron chi connectivity index (χ3n) is 1.83. The highest BCUT2D eigenvalue weighted by Gasteiger charge is 2.07. The molecule has 0 radical (unpaired) electrons. The number of aromatic nitrogens is 2. The Labute approximate surface area is 86.1 Å². The van der Waals surface area contributed by atoms with Gasteiger partial charge in [0.2, 0.25) is 0 Å². The number of nitrogens with one attached hydrogen (secondary N) is 1. The number of amides is 1. The van der Waals surface area contributed by atoms with Crippen LogP contribution in [0, 0.1) is 0 Å². The molecule has 15 heavy (non-hydrogen) atoms. The highest BCUT2D eigenvalue weighted by Crippen LogP contribution is 1.96. The molecular formula is C10H9N3O2. The molecule has 5 nitrogen and oxygen atoms in total. The first kappa shape index (κ1) is 9.39. The van der Waals surface area contributed by atoms with Gasteiger partial charge in [0.25, 0.3) is 5.91 Å². The van der Waals surface area contributed by atoms with E-state index in [-0.39, 0.29) is 11.6 Å². The molecule has 0 aromatic carbocycles. The fourth-order valence-electron chi connectivity index (χ4n) is 1.09. The average Bonchev–Trinajstić information content (AvgIpc) is 2.81. The molecule has 1 amide bonds. The maximum absolute atomic E-state index is 11.4. The summed E-state index contributed by atoms with van der Waals surface area (Å²) in [7, 11) is 0. The Bertz CT molecular complexity index is 425. The van der Waals surface area contributed by atoms with E-state index in [4.69, 9.17) is 0 Å². The Morgan fingerprint density at radius 3 is 3.00 bits per heavy atom. The average molecular weight is 203 g/mol. The molecule has 1 N–H and O–H groups in total. The topological polar surface area (TPSA) is 68.0 Å². The van der Waals surface area contributed by atoms with Crippen LogP contribution >= 0.6 is 0 Å². The first-order chi connectivity index (χ1) is 7.36. The minimum atomic E-state index is -0.269. The molecule has 0 aliphatic heterocycles. The predicted molar refractivity (Wildman–Crippen MR) is 51.9 cm³/mol. The first-order valence-corrected chi connectivity index (χ1v) is 4.45. The lowest BCUT2D eigenvalue weighted by molar-refractivity contribution is 0.0941. The Morgan fingerprint density at radius 2 is 2.33 bits per heavy atom. The second-order valence-corrected chi connectivity index (χ2v) is 2.89. The van der Waals surface area contributed by atoms with Gasteiger partial charge in [0.1, 0.15) is 6.26 Å². The van der Waals surface area contributed by atoms with Crippen molar-refractivity contribution in [3.63, 3.8) is 0 Å². The second kappa shape index (κ2) is 4.36. The lowest BCUT2D eigenvalue weighted by atomic mass is 10.3. The monoisotopic (exact) mass is 203 g/mol. The van der Waals surface area contributed by atoms with Crippen molar-refractivity contribution in [1.29, 1.82) is 0 Å². The van der Waals surface area contributed by atoms with Crippen LogP contribution in [0.15, 0.2) is 41.2 Å². The van der Waals surface area contributed by atoms with Crippen LogP contribution < -0.4 is 5.32 Å². The fraction of sp³-hybridized carbons (Fsp3) is 0.100. The van der Waals surface area contributed by atoms with Crippen LogP contribution in [0.2, 0.25) is 0 Å². The summed E-state index contributed by atoms with van der Waals surface area (Å²) in [5, 5.41) is 6.20. The van der Waals surface area contributed by atoms with Gasteiger partial charge in [-0.05, 0) is 12.1 Å². The van der Waals surface area contributed by atoms with Crippen molar-refractivity contribution in [1.82, 2.24) is 15.5 Å². The van der Waals surface area contributed by atoms with Crippen LogP contribution in [0.5, 0.6) is 0 Å². The number of carbonyl (C=O) groups excluding carboxylic acids is 1. The Morgan fingerprint density at radius 1 is 1.40 bits per heavy atom. The number of hydrogen-bond donors (Lipinski definition) is 1. The largest absolute Gasteiger partial charge is 0.364 e. The van der Waals surface area contributed by atoms with Gasteiger partial charge in [0, 0.05) is 12.3 Å². The highest BCUT2D eigenvalue weighted by molar-refractivity contribution is 5.91. The minimum Gasteiger partial charge on any atom is -0.364 e. The third-order valence-corrected chi connectivity index (χ3v) is 1.83. The molecule has 0 atom stereocenters. The molecule has 0 unspecified atom stereocenters. The Balaban J connectivity index is 1.92. The minimum absolute atomic E-state index is 0.269. The molecule has 0 aliphatic rings. The summed E-state index contributed by atoms with van der Waals surface area (Å²) in [6, 6.07) is 7.03. The molecule has 0 saturated carbocycles. The van der Waals surface area contributed by atoms with E-state index in [9.17, 15) is 4.79 Å². The summed E-state index contributed by atoms with van der Waals surface area (Å²) in [4.78, 5) is 15.5. The molecule has 0 saturated heterocycles. The molecule has 2 aromatic heterocycles. The van der Waals surface area contributed by atoms with Crippen molar-refractivity contribution in [2.75, 3.05) is 0 Å². The zero-order chi connectivity index (χ0) is 10.5. The molecule has 5 heteroatoms. The van der Waals surface area contributed by atoms with Crippen molar-refractivity contribution >= 4 is 5.91 Å². The highest BCUT2D eigenvalue weighted by atomic mass is 16.5. The first-order valence-electron chi connectivity index (χ1n) is 4.45. The van der Waals surface area contributed by atoms with Gasteiger partial charge in [0.05, 0.1) is 12.2 Å². The molecule has 76 valence electrons. The van der Waals surface area contributed by atoms with Crippen molar-refractivity contribution < 1.29 is 9.32 Å². The van der Waals surface area contributed by atoms with E-state index in [1.54, 1.807) is 6.20 Å². The summed E-state index contributed by atoms with van der Waals surface area (Å²) >= 11 is 0. The molecule has 2 aromatic rings. The van der Waals surface area contributed by atoms with Crippen LogP contribution in [0.3, 0.4) is 0 Å². The molecular weight excluding hydrogens is 194 g/mol. The van der Waals surface area contributed by atoms with Crippen molar-refractivity contribution in [3.8, 4) is 0 Å². The van der Waals surface area contributed by atoms with Crippen LogP contribution in [-0.4, -0.2) is 16.0 Å². The van der Waals surface area contributed by atoms with Crippen LogP contribution in [0.25, 0.3) is 0 Å². The van der Waals surface area contributed by atoms with Gasteiger partial charge in [-0.2, -0.15) is 0 Å². The summed E-state index contributed by atoms with van der Waals surface area (Å²) in [5.41, 5.74) is 1.07. The molecule has 0 aliphatic carbocycles. The van der Waals surface area contributed by atoms with E-state index in [0.717, 1.165) is 5.69 Å². The Kier molecular flexibility index (Phi) is 2.73. The Hall–Kier alpha value is -2.17. The number of hydrogen-bond acceptors (Lipinski definition) is 4. The van der Waals surface area contributed by atoms with Gasteiger partial charge in [-0.25, -0.2) is 0 Å². The summed E-state index contributed by atoms with van der Waals surface area (Å²) in [6.07, 6.45) is 3.03. The molecule has 2 heterocycles. The standard InChI is InChI=1S/C10H9N3O2/c14-10(9-4-6-15-13-9)12-7-8-3-1-2-5-11-8/h1-6H,7H2,(H,12,14). The van der Waals surface area contributed by atoms with E-state index in [2.05, 4.69) is 20.0 Å². The lowest BCUT2D eigenvalue weighted by Crippen LogP contribution is -2.23. The van der Waals surface area contributed by atoms with Gasteiger partial charge in [0.15, 0.2) is 5.69 Å². The van der Waals surface area contributed by atoms with Crippen molar-refractivity contribution in [3.05, 3.63) is 48.1 Å². The third kappa shape index (κ3) is 2.40. The van der Waals surface area contributed by atoms with Gasteiger partial charge in [-0.15, -0.1) is 0 Å². The summed E-state index contributed by atoms with van der Waals surface area (Å²) in [6.45, 7) is 0.381. The normalized spacial score (nSPS) is 9.87. The maximum atomic E-state index is 11.4. The van der Waals surface area contributed by atoms with Gasteiger partial charge < -0.3 is 9.84 Å². The van der Waals surface area contributed by atoms with Crippen molar-refractivity contribution in [2.45, 2.75) is 6.54 Å². The molecule has 0 bridgehead atoms. The molecule has 0 fully saturated rings. The van der Waals surface area contributed by atoms with E-state index in [0.29, 0.717) is 6.54 Å². The lowest BCUT2D eigenvalue weighted by Gasteiger charge is -2.01. The quantitative estimate of drug-likeness (QED) is 0.808. The smallest absolute Gasteiger partial charge is 0.273 e. The van der Waals surface area contributed by atoms with Gasteiger partial charge >= 0.3 is 0 Å². The van der Waals surface area contributed by atoms with E-state index in [1.807, 2.05) is 18.2 Å². The number of carbonyl (C=O) groups is 1.